The van der Waals surface area contributed by atoms with Crippen molar-refractivity contribution >= 4 is 17.6 Å². The lowest BCUT2D eigenvalue weighted by Crippen LogP contribution is -2.28. The van der Waals surface area contributed by atoms with Crippen molar-refractivity contribution in [2.75, 3.05) is 11.9 Å². The third-order valence-electron chi connectivity index (χ3n) is 4.49. The van der Waals surface area contributed by atoms with Crippen molar-refractivity contribution in [3.05, 3.63) is 47.7 Å². The van der Waals surface area contributed by atoms with Gasteiger partial charge in [-0.2, -0.15) is 5.10 Å². The molecule has 2 heterocycles. The number of hydrogen-bond donors (Lipinski definition) is 1. The molecule has 2 aromatic rings. The number of likely N-dealkylation sites (tertiary alicyclic amines) is 1. The Morgan fingerprint density at radius 3 is 2.68 bits per heavy atom. The highest BCUT2D eigenvalue weighted by atomic mass is 16.2. The Kier molecular flexibility index (Phi) is 4.88. The lowest BCUT2D eigenvalue weighted by Gasteiger charge is -2.17. The molecule has 1 N–H and O–H groups in total. The summed E-state index contributed by atoms with van der Waals surface area (Å²) < 4.78 is 1.76. The molecule has 132 valence electrons. The average molecular weight is 340 g/mol. The molecule has 1 atom stereocenters. The van der Waals surface area contributed by atoms with Crippen molar-refractivity contribution in [1.29, 1.82) is 0 Å². The van der Waals surface area contributed by atoms with Gasteiger partial charge in [0.1, 0.15) is 5.82 Å². The second-order valence-corrected chi connectivity index (χ2v) is 6.90. The molecule has 6 nitrogen and oxygen atoms in total. The summed E-state index contributed by atoms with van der Waals surface area (Å²) in [6.45, 7) is 7.05. The number of aryl methyl sites for hydroxylation is 1. The van der Waals surface area contributed by atoms with Crippen LogP contribution in [0.4, 0.5) is 5.82 Å². The van der Waals surface area contributed by atoms with Crippen molar-refractivity contribution in [3.8, 4) is 0 Å². The molecular formula is C19H24N4O2. The summed E-state index contributed by atoms with van der Waals surface area (Å²) in [5, 5.41) is 7.12. The molecule has 1 saturated heterocycles. The van der Waals surface area contributed by atoms with Crippen LogP contribution < -0.4 is 5.32 Å². The fourth-order valence-electron chi connectivity index (χ4n) is 3.07. The van der Waals surface area contributed by atoms with Gasteiger partial charge in [0.25, 0.3) is 0 Å². The highest BCUT2D eigenvalue weighted by molar-refractivity contribution is 5.96. The summed E-state index contributed by atoms with van der Waals surface area (Å²) in [6, 6.07) is 10.1. The van der Waals surface area contributed by atoms with Crippen LogP contribution in [0.25, 0.3) is 0 Å². The minimum absolute atomic E-state index is 0.0260. The molecule has 1 fully saturated rings. The molecule has 1 aromatic carbocycles. The number of hydrogen-bond acceptors (Lipinski definition) is 3. The fraction of sp³-hybridized carbons (Fsp3) is 0.421. The van der Waals surface area contributed by atoms with E-state index in [1.807, 2.05) is 45.0 Å². The van der Waals surface area contributed by atoms with Crippen LogP contribution in [0, 0.1) is 12.8 Å². The van der Waals surface area contributed by atoms with Gasteiger partial charge in [-0.1, -0.05) is 29.8 Å². The summed E-state index contributed by atoms with van der Waals surface area (Å²) in [5.41, 5.74) is 2.27. The first-order valence-corrected chi connectivity index (χ1v) is 8.61. The maximum Gasteiger partial charge on any atom is 0.230 e. The standard InChI is InChI=1S/C19H24N4O2/c1-13(2)23-17(8-9-20-23)21-19(25)16-10-18(24)22(12-16)11-15-6-4-14(3)5-7-15/h4-9,13,16H,10-12H2,1-3H3,(H,21,25). The molecule has 0 saturated carbocycles. The zero-order valence-corrected chi connectivity index (χ0v) is 14.9. The van der Waals surface area contributed by atoms with Gasteiger partial charge in [0.15, 0.2) is 0 Å². The first-order valence-electron chi connectivity index (χ1n) is 8.61. The van der Waals surface area contributed by atoms with E-state index in [0.29, 0.717) is 18.9 Å². The van der Waals surface area contributed by atoms with Gasteiger partial charge in [0.05, 0.1) is 12.1 Å². The van der Waals surface area contributed by atoms with E-state index in [0.717, 1.165) is 5.56 Å². The first kappa shape index (κ1) is 17.2. The lowest BCUT2D eigenvalue weighted by atomic mass is 10.1. The van der Waals surface area contributed by atoms with Crippen molar-refractivity contribution in [2.24, 2.45) is 5.92 Å². The number of aromatic nitrogens is 2. The van der Waals surface area contributed by atoms with Crippen LogP contribution in [0.1, 0.15) is 37.4 Å². The second kappa shape index (κ2) is 7.09. The Balaban J connectivity index is 1.62. The van der Waals surface area contributed by atoms with Crippen LogP contribution in [0.5, 0.6) is 0 Å². The molecule has 1 unspecified atom stereocenters. The molecule has 0 aliphatic carbocycles. The average Bonchev–Trinajstić information content (AvgIpc) is 3.17. The van der Waals surface area contributed by atoms with E-state index >= 15 is 0 Å². The summed E-state index contributed by atoms with van der Waals surface area (Å²) in [7, 11) is 0. The van der Waals surface area contributed by atoms with Gasteiger partial charge in [-0.25, -0.2) is 4.68 Å². The highest BCUT2D eigenvalue weighted by Gasteiger charge is 2.34. The fourth-order valence-corrected chi connectivity index (χ4v) is 3.07. The molecule has 3 rings (SSSR count). The Labute approximate surface area is 147 Å². The monoisotopic (exact) mass is 340 g/mol. The number of benzene rings is 1. The number of nitrogens with zero attached hydrogens (tertiary/aromatic N) is 3. The predicted molar refractivity (Wildman–Crippen MR) is 95.9 cm³/mol. The number of nitrogens with one attached hydrogen (secondary N) is 1. The van der Waals surface area contributed by atoms with Crippen LogP contribution in [-0.2, 0) is 16.1 Å². The van der Waals surface area contributed by atoms with Crippen LogP contribution in [0.2, 0.25) is 0 Å². The first-order chi connectivity index (χ1) is 11.9. The number of amides is 2. The quantitative estimate of drug-likeness (QED) is 0.910. The molecule has 1 aromatic heterocycles. The molecule has 6 heteroatoms. The molecule has 25 heavy (non-hydrogen) atoms. The number of anilines is 1. The highest BCUT2D eigenvalue weighted by Crippen LogP contribution is 2.22. The van der Waals surface area contributed by atoms with Gasteiger partial charge in [-0.3, -0.25) is 9.59 Å². The largest absolute Gasteiger partial charge is 0.338 e. The molecule has 0 bridgehead atoms. The van der Waals surface area contributed by atoms with E-state index in [1.165, 1.54) is 5.56 Å². The van der Waals surface area contributed by atoms with Crippen LogP contribution in [0.15, 0.2) is 36.5 Å². The van der Waals surface area contributed by atoms with Crippen LogP contribution >= 0.6 is 0 Å². The van der Waals surface area contributed by atoms with Crippen molar-refractivity contribution < 1.29 is 9.59 Å². The molecule has 1 aliphatic rings. The minimum atomic E-state index is -0.325. The van der Waals surface area contributed by atoms with E-state index in [1.54, 1.807) is 21.8 Å². The molecule has 0 spiro atoms. The van der Waals surface area contributed by atoms with Crippen LogP contribution in [0.3, 0.4) is 0 Å². The van der Waals surface area contributed by atoms with Gasteiger partial charge in [-0.05, 0) is 26.3 Å². The summed E-state index contributed by atoms with van der Waals surface area (Å²) in [4.78, 5) is 26.6. The zero-order valence-electron chi connectivity index (χ0n) is 14.9. The molecule has 0 radical (unpaired) electrons. The second-order valence-electron chi connectivity index (χ2n) is 6.90. The molecule has 1 aliphatic heterocycles. The van der Waals surface area contributed by atoms with E-state index in [9.17, 15) is 9.59 Å². The van der Waals surface area contributed by atoms with Gasteiger partial charge >= 0.3 is 0 Å². The molecular weight excluding hydrogens is 316 g/mol. The van der Waals surface area contributed by atoms with E-state index in [2.05, 4.69) is 10.4 Å². The van der Waals surface area contributed by atoms with Crippen molar-refractivity contribution in [1.82, 2.24) is 14.7 Å². The minimum Gasteiger partial charge on any atom is -0.338 e. The Hall–Kier alpha value is -2.63. The Morgan fingerprint density at radius 1 is 1.28 bits per heavy atom. The third-order valence-corrected chi connectivity index (χ3v) is 4.49. The Morgan fingerprint density at radius 2 is 2.00 bits per heavy atom. The van der Waals surface area contributed by atoms with Gasteiger partial charge in [-0.15, -0.1) is 0 Å². The topological polar surface area (TPSA) is 67.2 Å². The van der Waals surface area contributed by atoms with E-state index in [-0.39, 0.29) is 30.2 Å². The Bertz CT molecular complexity index is 764. The van der Waals surface area contributed by atoms with Crippen molar-refractivity contribution in [3.63, 3.8) is 0 Å². The summed E-state index contributed by atoms with van der Waals surface area (Å²) >= 11 is 0. The van der Waals surface area contributed by atoms with Gasteiger partial charge in [0.2, 0.25) is 11.8 Å². The normalized spacial score (nSPS) is 17.4. The van der Waals surface area contributed by atoms with E-state index < -0.39 is 0 Å². The zero-order chi connectivity index (χ0) is 18.0. The third kappa shape index (κ3) is 3.90. The van der Waals surface area contributed by atoms with Crippen molar-refractivity contribution in [2.45, 2.75) is 39.8 Å². The summed E-state index contributed by atoms with van der Waals surface area (Å²) in [5.74, 6) is 0.248. The predicted octanol–water partition coefficient (Wildman–Crippen LogP) is 2.76. The SMILES string of the molecule is Cc1ccc(CN2CC(C(=O)Nc3ccnn3C(C)C)CC2=O)cc1. The van der Waals surface area contributed by atoms with E-state index in [4.69, 9.17) is 0 Å². The number of carbonyl (C=O) groups excluding carboxylic acids is 2. The lowest BCUT2D eigenvalue weighted by molar-refractivity contribution is -0.128. The number of rotatable bonds is 5. The van der Waals surface area contributed by atoms with Crippen LogP contribution in [-0.4, -0.2) is 33.0 Å². The number of carbonyl (C=O) groups is 2. The smallest absolute Gasteiger partial charge is 0.230 e. The van der Waals surface area contributed by atoms with Gasteiger partial charge in [0, 0.05) is 31.6 Å². The maximum atomic E-state index is 12.5. The van der Waals surface area contributed by atoms with Gasteiger partial charge < -0.3 is 10.2 Å². The summed E-state index contributed by atoms with van der Waals surface area (Å²) in [6.07, 6.45) is 1.92. The molecule has 2 amide bonds. The maximum absolute atomic E-state index is 12.5.